The third kappa shape index (κ3) is 2.39. The first-order chi connectivity index (χ1) is 11.1. The number of methoxy groups -OCH3 is 1. The number of aromatic amines is 1. The van der Waals surface area contributed by atoms with Crippen LogP contribution < -0.4 is 0 Å². The van der Waals surface area contributed by atoms with E-state index in [0.29, 0.717) is 18.8 Å². The highest BCUT2D eigenvalue weighted by Crippen LogP contribution is 2.43. The Kier molecular flexibility index (Phi) is 4.06. The third-order valence-electron chi connectivity index (χ3n) is 4.93. The maximum absolute atomic E-state index is 11.9. The molecule has 3 rings (SSSR count). The van der Waals surface area contributed by atoms with E-state index in [0.717, 1.165) is 35.0 Å². The number of hydrogen-bond donors (Lipinski definition) is 2. The van der Waals surface area contributed by atoms with Crippen LogP contribution in [0.2, 0.25) is 0 Å². The lowest BCUT2D eigenvalue weighted by Gasteiger charge is -2.35. The summed E-state index contributed by atoms with van der Waals surface area (Å²) in [5.74, 6) is 0.0199. The maximum atomic E-state index is 11.9. The first-order valence-corrected chi connectivity index (χ1v) is 8.13. The summed E-state index contributed by atoms with van der Waals surface area (Å²) in [6.45, 7) is 4.61. The number of ether oxygens (including phenoxy) is 2. The number of benzene rings is 1. The molecule has 1 aliphatic heterocycles. The Labute approximate surface area is 135 Å². The molecule has 1 aliphatic rings. The summed E-state index contributed by atoms with van der Waals surface area (Å²) in [6.07, 6.45) is 2.40. The number of aryl methyl sites for hydroxylation is 1. The van der Waals surface area contributed by atoms with Crippen molar-refractivity contribution in [1.82, 2.24) is 4.98 Å². The fourth-order valence-corrected chi connectivity index (χ4v) is 3.64. The van der Waals surface area contributed by atoms with Gasteiger partial charge in [-0.15, -0.1) is 0 Å². The maximum Gasteiger partial charge on any atom is 0.308 e. The van der Waals surface area contributed by atoms with E-state index in [4.69, 9.17) is 9.47 Å². The van der Waals surface area contributed by atoms with E-state index in [2.05, 4.69) is 4.98 Å². The van der Waals surface area contributed by atoms with Gasteiger partial charge >= 0.3 is 5.97 Å². The second kappa shape index (κ2) is 5.89. The molecule has 0 saturated heterocycles. The van der Waals surface area contributed by atoms with Gasteiger partial charge in [0.1, 0.15) is 11.4 Å². The molecule has 23 heavy (non-hydrogen) atoms. The molecule has 0 saturated carbocycles. The molecule has 1 aromatic carbocycles. The standard InChI is InChI=1S/C18H23NO4/c1-4-11-14(20)7-6-12-13-8-9-23-18(5-2,10-15(21)22-3)17(13)19-16(11)12/h6-7,19-20H,4-5,8-10H2,1-3H3. The summed E-state index contributed by atoms with van der Waals surface area (Å²) in [4.78, 5) is 15.3. The highest BCUT2D eigenvalue weighted by molar-refractivity contribution is 5.90. The van der Waals surface area contributed by atoms with Crippen molar-refractivity contribution in [2.24, 2.45) is 0 Å². The molecular weight excluding hydrogens is 294 g/mol. The summed E-state index contributed by atoms with van der Waals surface area (Å²) in [5.41, 5.74) is 3.31. The number of phenolic OH excluding ortho intramolecular Hbond substituents is 1. The lowest BCUT2D eigenvalue weighted by molar-refractivity contribution is -0.152. The van der Waals surface area contributed by atoms with Crippen molar-refractivity contribution in [1.29, 1.82) is 0 Å². The Hall–Kier alpha value is -2.01. The average Bonchev–Trinajstić information content (AvgIpc) is 2.94. The van der Waals surface area contributed by atoms with Gasteiger partial charge < -0.3 is 19.6 Å². The van der Waals surface area contributed by atoms with Crippen LogP contribution in [-0.4, -0.2) is 29.8 Å². The predicted molar refractivity (Wildman–Crippen MR) is 87.6 cm³/mol. The van der Waals surface area contributed by atoms with Gasteiger partial charge in [0.15, 0.2) is 0 Å². The van der Waals surface area contributed by atoms with Crippen LogP contribution in [0.15, 0.2) is 12.1 Å². The molecule has 1 aromatic heterocycles. The fourth-order valence-electron chi connectivity index (χ4n) is 3.64. The molecule has 0 spiro atoms. The lowest BCUT2D eigenvalue weighted by Crippen LogP contribution is -2.37. The van der Waals surface area contributed by atoms with Gasteiger partial charge in [0.2, 0.25) is 0 Å². The van der Waals surface area contributed by atoms with Gasteiger partial charge in [-0.25, -0.2) is 0 Å². The second-order valence-electron chi connectivity index (χ2n) is 6.02. The summed E-state index contributed by atoms with van der Waals surface area (Å²) >= 11 is 0. The number of carbonyl (C=O) groups is 1. The molecule has 0 amide bonds. The molecule has 2 heterocycles. The van der Waals surface area contributed by atoms with E-state index >= 15 is 0 Å². The van der Waals surface area contributed by atoms with E-state index in [1.54, 1.807) is 6.07 Å². The van der Waals surface area contributed by atoms with Crippen molar-refractivity contribution in [2.45, 2.75) is 45.1 Å². The Balaban J connectivity index is 2.22. The quantitative estimate of drug-likeness (QED) is 0.850. The van der Waals surface area contributed by atoms with Gasteiger partial charge in [0.25, 0.3) is 0 Å². The number of aromatic nitrogens is 1. The van der Waals surface area contributed by atoms with Crippen molar-refractivity contribution < 1.29 is 19.4 Å². The molecule has 2 aromatic rings. The summed E-state index contributed by atoms with van der Waals surface area (Å²) in [7, 11) is 1.40. The van der Waals surface area contributed by atoms with E-state index in [1.807, 2.05) is 19.9 Å². The molecule has 0 radical (unpaired) electrons. The van der Waals surface area contributed by atoms with Gasteiger partial charge in [-0.3, -0.25) is 4.79 Å². The number of hydrogen-bond acceptors (Lipinski definition) is 4. The molecule has 1 atom stereocenters. The SMILES string of the molecule is CCc1c(O)ccc2c3c([nH]c12)C(CC)(CC(=O)OC)OCC3. The molecule has 0 aliphatic carbocycles. The van der Waals surface area contributed by atoms with E-state index in [1.165, 1.54) is 12.7 Å². The van der Waals surface area contributed by atoms with Crippen LogP contribution in [0.1, 0.15) is 43.5 Å². The summed E-state index contributed by atoms with van der Waals surface area (Å²) in [5, 5.41) is 11.2. The minimum atomic E-state index is -0.680. The normalized spacial score (nSPS) is 20.5. The number of esters is 1. The number of phenols is 1. The average molecular weight is 317 g/mol. The Morgan fingerprint density at radius 2 is 2.22 bits per heavy atom. The van der Waals surface area contributed by atoms with Crippen LogP contribution in [0.3, 0.4) is 0 Å². The lowest BCUT2D eigenvalue weighted by atomic mass is 9.86. The minimum absolute atomic E-state index is 0.188. The van der Waals surface area contributed by atoms with E-state index in [9.17, 15) is 9.90 Å². The zero-order chi connectivity index (χ0) is 16.6. The van der Waals surface area contributed by atoms with Gasteiger partial charge in [-0.2, -0.15) is 0 Å². The number of aromatic hydroxyl groups is 1. The van der Waals surface area contributed by atoms with E-state index < -0.39 is 5.60 Å². The monoisotopic (exact) mass is 317 g/mol. The molecule has 0 bridgehead atoms. The highest BCUT2D eigenvalue weighted by Gasteiger charge is 2.41. The van der Waals surface area contributed by atoms with Crippen LogP contribution in [0.25, 0.3) is 10.9 Å². The smallest absolute Gasteiger partial charge is 0.308 e. The van der Waals surface area contributed by atoms with Crippen LogP contribution >= 0.6 is 0 Å². The van der Waals surface area contributed by atoms with Crippen LogP contribution in [0, 0.1) is 0 Å². The minimum Gasteiger partial charge on any atom is -0.508 e. The van der Waals surface area contributed by atoms with Gasteiger partial charge in [0.05, 0.1) is 31.3 Å². The number of fused-ring (bicyclic) bond motifs is 3. The number of carbonyl (C=O) groups excluding carboxylic acids is 1. The van der Waals surface area contributed by atoms with E-state index in [-0.39, 0.29) is 12.4 Å². The Morgan fingerprint density at radius 1 is 1.43 bits per heavy atom. The predicted octanol–water partition coefficient (Wildman–Crippen LogP) is 3.18. The first kappa shape index (κ1) is 15.9. The zero-order valence-corrected chi connectivity index (χ0v) is 13.9. The zero-order valence-electron chi connectivity index (χ0n) is 13.9. The number of H-pyrrole nitrogens is 1. The highest BCUT2D eigenvalue weighted by atomic mass is 16.5. The molecule has 5 heteroatoms. The largest absolute Gasteiger partial charge is 0.508 e. The van der Waals surface area contributed by atoms with Crippen molar-refractivity contribution in [3.8, 4) is 5.75 Å². The summed E-state index contributed by atoms with van der Waals surface area (Å²) < 4.78 is 10.9. The Morgan fingerprint density at radius 3 is 2.87 bits per heavy atom. The van der Waals surface area contributed by atoms with Gasteiger partial charge in [0, 0.05) is 10.9 Å². The van der Waals surface area contributed by atoms with Crippen LogP contribution in [0.5, 0.6) is 5.75 Å². The van der Waals surface area contributed by atoms with Crippen molar-refractivity contribution in [3.05, 3.63) is 29.0 Å². The molecule has 0 fully saturated rings. The van der Waals surface area contributed by atoms with Gasteiger partial charge in [-0.1, -0.05) is 13.8 Å². The van der Waals surface area contributed by atoms with Gasteiger partial charge in [-0.05, 0) is 37.0 Å². The van der Waals surface area contributed by atoms with Crippen molar-refractivity contribution in [2.75, 3.05) is 13.7 Å². The first-order valence-electron chi connectivity index (χ1n) is 8.13. The molecule has 1 unspecified atom stereocenters. The summed E-state index contributed by atoms with van der Waals surface area (Å²) in [6, 6.07) is 3.70. The van der Waals surface area contributed by atoms with Crippen LogP contribution in [0.4, 0.5) is 0 Å². The van der Waals surface area contributed by atoms with Crippen molar-refractivity contribution >= 4 is 16.9 Å². The topological polar surface area (TPSA) is 71.5 Å². The third-order valence-corrected chi connectivity index (χ3v) is 4.93. The molecular formula is C18H23NO4. The van der Waals surface area contributed by atoms with Crippen molar-refractivity contribution in [3.63, 3.8) is 0 Å². The van der Waals surface area contributed by atoms with Crippen LogP contribution in [-0.2, 0) is 32.7 Å². The number of rotatable bonds is 4. The number of nitrogens with one attached hydrogen (secondary N) is 1. The second-order valence-corrected chi connectivity index (χ2v) is 6.02. The molecule has 124 valence electrons. The molecule has 5 nitrogen and oxygen atoms in total. The molecule has 2 N–H and O–H groups in total. The fraction of sp³-hybridized carbons (Fsp3) is 0.500. The Bertz CT molecular complexity index is 749.